The average Bonchev–Trinajstić information content (AvgIpc) is 2.70. The second-order valence-corrected chi connectivity index (χ2v) is 5.93. The Morgan fingerprint density at radius 2 is 1.31 bits per heavy atom. The average molecular weight is 419 g/mol. The van der Waals surface area contributed by atoms with Crippen LogP contribution in [0.25, 0.3) is 0 Å². The molecule has 0 saturated carbocycles. The summed E-state index contributed by atoms with van der Waals surface area (Å²) in [6.45, 7) is 1.31. The van der Waals surface area contributed by atoms with E-state index in [0.717, 1.165) is 33.5 Å². The minimum absolute atomic E-state index is 0.174. The van der Waals surface area contributed by atoms with Gasteiger partial charge in [0.1, 0.15) is 6.04 Å². The smallest absolute Gasteiger partial charge is 0.416 e. The number of alkyl halides is 3. The van der Waals surface area contributed by atoms with Crippen molar-refractivity contribution in [3.05, 3.63) is 35.4 Å². The molecule has 0 aliphatic carbocycles. The molecule has 1 aromatic rings. The summed E-state index contributed by atoms with van der Waals surface area (Å²) in [5, 5.41) is 2.27. The molecule has 0 aliphatic heterocycles. The van der Waals surface area contributed by atoms with E-state index in [9.17, 15) is 32.3 Å². The van der Waals surface area contributed by atoms with Crippen molar-refractivity contribution in [1.29, 1.82) is 0 Å². The van der Waals surface area contributed by atoms with Crippen LogP contribution >= 0.6 is 0 Å². The summed E-state index contributed by atoms with van der Waals surface area (Å²) in [7, 11) is 3.08. The van der Waals surface area contributed by atoms with Gasteiger partial charge in [-0.05, 0) is 24.3 Å². The number of ether oxygens (including phenoxy) is 3. The third-order valence-corrected chi connectivity index (χ3v) is 4.18. The first-order chi connectivity index (χ1) is 13.5. The molecule has 0 heterocycles. The number of methoxy groups -OCH3 is 3. The molecule has 11 heteroatoms. The Labute approximate surface area is 164 Å². The number of halogens is 3. The van der Waals surface area contributed by atoms with E-state index in [1.807, 2.05) is 0 Å². The lowest BCUT2D eigenvalue weighted by Crippen LogP contribution is -2.51. The molecule has 1 aromatic carbocycles. The molecule has 0 bridgehead atoms. The monoisotopic (exact) mass is 419 g/mol. The van der Waals surface area contributed by atoms with Gasteiger partial charge in [0.25, 0.3) is 5.91 Å². The van der Waals surface area contributed by atoms with Crippen LogP contribution in [0, 0.1) is 11.8 Å². The van der Waals surface area contributed by atoms with Crippen molar-refractivity contribution in [3.63, 3.8) is 0 Å². The highest BCUT2D eigenvalue weighted by Gasteiger charge is 2.42. The molecule has 1 rings (SSSR count). The third-order valence-electron chi connectivity index (χ3n) is 4.18. The fourth-order valence-corrected chi connectivity index (χ4v) is 2.54. The SMILES string of the molecule is COC(=O)C(C(=O)OC)[C@@H](C)[C@@H](NC(=O)c1ccc(C(F)(F)F)cc1)C(=O)OC. The first kappa shape index (κ1) is 23.9. The Morgan fingerprint density at radius 3 is 1.69 bits per heavy atom. The number of nitrogens with one attached hydrogen (secondary N) is 1. The molecule has 0 aromatic heterocycles. The molecule has 2 atom stereocenters. The summed E-state index contributed by atoms with van der Waals surface area (Å²) in [5.74, 6) is -6.59. The van der Waals surface area contributed by atoms with Crippen LogP contribution in [-0.4, -0.2) is 51.2 Å². The Bertz CT molecular complexity index is 746. The number of hydrogen-bond acceptors (Lipinski definition) is 7. The summed E-state index contributed by atoms with van der Waals surface area (Å²) in [6.07, 6.45) is -4.58. The van der Waals surface area contributed by atoms with Gasteiger partial charge < -0.3 is 19.5 Å². The maximum Gasteiger partial charge on any atom is 0.416 e. The normalized spacial score (nSPS) is 13.2. The third kappa shape index (κ3) is 5.93. The van der Waals surface area contributed by atoms with E-state index in [-0.39, 0.29) is 5.56 Å². The molecular weight excluding hydrogens is 399 g/mol. The van der Waals surface area contributed by atoms with Crippen molar-refractivity contribution in [2.24, 2.45) is 11.8 Å². The van der Waals surface area contributed by atoms with Crippen molar-refractivity contribution in [2.45, 2.75) is 19.1 Å². The number of rotatable bonds is 7. The standard InChI is InChI=1S/C18H20F3NO7/c1-9(12(15(24)27-2)16(25)28-3)13(17(26)29-4)22-14(23)10-5-7-11(8-6-10)18(19,20)21/h5-9,12-13H,1-4H3,(H,22,23)/t9-,13-/m1/s1. The van der Waals surface area contributed by atoms with Crippen molar-refractivity contribution in [2.75, 3.05) is 21.3 Å². The molecule has 0 spiro atoms. The van der Waals surface area contributed by atoms with Crippen LogP contribution in [0.1, 0.15) is 22.8 Å². The Balaban J connectivity index is 3.15. The van der Waals surface area contributed by atoms with Gasteiger partial charge in [-0.25, -0.2) is 4.79 Å². The number of esters is 3. The summed E-state index contributed by atoms with van der Waals surface area (Å²) >= 11 is 0. The molecule has 29 heavy (non-hydrogen) atoms. The van der Waals surface area contributed by atoms with Gasteiger partial charge in [-0.15, -0.1) is 0 Å². The predicted octanol–water partition coefficient (Wildman–Crippen LogP) is 1.58. The molecule has 1 N–H and O–H groups in total. The quantitative estimate of drug-likeness (QED) is 0.406. The first-order valence-electron chi connectivity index (χ1n) is 8.19. The lowest BCUT2D eigenvalue weighted by atomic mass is 9.87. The second-order valence-electron chi connectivity index (χ2n) is 5.93. The van der Waals surface area contributed by atoms with Crippen molar-refractivity contribution < 1.29 is 46.6 Å². The van der Waals surface area contributed by atoms with Gasteiger partial charge in [0.2, 0.25) is 0 Å². The van der Waals surface area contributed by atoms with E-state index in [2.05, 4.69) is 19.5 Å². The van der Waals surface area contributed by atoms with Gasteiger partial charge in [0, 0.05) is 11.5 Å². The second kappa shape index (κ2) is 9.89. The van der Waals surface area contributed by atoms with Crippen molar-refractivity contribution >= 4 is 23.8 Å². The van der Waals surface area contributed by atoms with Crippen molar-refractivity contribution in [3.8, 4) is 0 Å². The molecule has 0 aliphatic rings. The Morgan fingerprint density at radius 1 is 0.862 bits per heavy atom. The molecule has 0 unspecified atom stereocenters. The van der Waals surface area contributed by atoms with E-state index in [4.69, 9.17) is 0 Å². The highest BCUT2D eigenvalue weighted by Crippen LogP contribution is 2.29. The molecular formula is C18H20F3NO7. The van der Waals surface area contributed by atoms with Crippen LogP contribution < -0.4 is 5.32 Å². The van der Waals surface area contributed by atoms with E-state index in [1.165, 1.54) is 6.92 Å². The summed E-state index contributed by atoms with van der Waals surface area (Å²) < 4.78 is 51.6. The minimum atomic E-state index is -4.58. The number of amides is 1. The van der Waals surface area contributed by atoms with Crippen LogP contribution in [0.3, 0.4) is 0 Å². The fourth-order valence-electron chi connectivity index (χ4n) is 2.54. The van der Waals surface area contributed by atoms with Crippen LogP contribution in [0.5, 0.6) is 0 Å². The van der Waals surface area contributed by atoms with Gasteiger partial charge in [-0.3, -0.25) is 14.4 Å². The van der Waals surface area contributed by atoms with Crippen molar-refractivity contribution in [1.82, 2.24) is 5.32 Å². The Kier molecular flexibility index (Phi) is 8.16. The molecule has 160 valence electrons. The number of hydrogen-bond donors (Lipinski definition) is 1. The van der Waals surface area contributed by atoms with Gasteiger partial charge in [-0.1, -0.05) is 6.92 Å². The highest BCUT2D eigenvalue weighted by molar-refractivity contribution is 5.99. The predicted molar refractivity (Wildman–Crippen MR) is 91.4 cm³/mol. The fraction of sp³-hybridized carbons (Fsp3) is 0.444. The van der Waals surface area contributed by atoms with E-state index in [1.54, 1.807) is 0 Å². The maximum absolute atomic E-state index is 12.6. The topological polar surface area (TPSA) is 108 Å². The highest BCUT2D eigenvalue weighted by atomic mass is 19.4. The molecule has 0 saturated heterocycles. The van der Waals surface area contributed by atoms with Gasteiger partial charge in [0.15, 0.2) is 5.92 Å². The van der Waals surface area contributed by atoms with E-state index < -0.39 is 53.4 Å². The molecule has 0 radical (unpaired) electrons. The van der Waals surface area contributed by atoms with Crippen LogP contribution in [0.4, 0.5) is 13.2 Å². The lowest BCUT2D eigenvalue weighted by Gasteiger charge is -2.27. The minimum Gasteiger partial charge on any atom is -0.468 e. The number of carbonyl (C=O) groups is 4. The van der Waals surface area contributed by atoms with Crippen LogP contribution in [-0.2, 0) is 34.8 Å². The van der Waals surface area contributed by atoms with Gasteiger partial charge in [0.05, 0.1) is 26.9 Å². The van der Waals surface area contributed by atoms with E-state index >= 15 is 0 Å². The summed E-state index contributed by atoms with van der Waals surface area (Å²) in [5.41, 5.74) is -1.13. The largest absolute Gasteiger partial charge is 0.468 e. The lowest BCUT2D eigenvalue weighted by molar-refractivity contribution is -0.163. The maximum atomic E-state index is 12.6. The molecule has 8 nitrogen and oxygen atoms in total. The zero-order valence-electron chi connectivity index (χ0n) is 16.0. The number of carbonyl (C=O) groups excluding carboxylic acids is 4. The zero-order valence-corrected chi connectivity index (χ0v) is 16.0. The first-order valence-corrected chi connectivity index (χ1v) is 8.19. The summed E-state index contributed by atoms with van der Waals surface area (Å²) in [6, 6.07) is 1.77. The van der Waals surface area contributed by atoms with Crippen LogP contribution in [0.15, 0.2) is 24.3 Å². The van der Waals surface area contributed by atoms with Gasteiger partial charge >= 0.3 is 24.1 Å². The Hall–Kier alpha value is -3.11. The number of benzene rings is 1. The summed E-state index contributed by atoms with van der Waals surface area (Å²) in [4.78, 5) is 48.5. The van der Waals surface area contributed by atoms with E-state index in [0.29, 0.717) is 12.1 Å². The molecule has 0 fully saturated rings. The zero-order chi connectivity index (χ0) is 22.4. The molecule has 1 amide bonds. The van der Waals surface area contributed by atoms with Gasteiger partial charge in [-0.2, -0.15) is 13.2 Å². The van der Waals surface area contributed by atoms with Crippen LogP contribution in [0.2, 0.25) is 0 Å².